The Morgan fingerprint density at radius 2 is 2.00 bits per heavy atom. The first-order chi connectivity index (χ1) is 9.33. The summed E-state index contributed by atoms with van der Waals surface area (Å²) < 4.78 is 0. The van der Waals surface area contributed by atoms with E-state index in [1.165, 1.54) is 6.20 Å². The van der Waals surface area contributed by atoms with E-state index in [1.54, 1.807) is 0 Å². The first-order valence-corrected chi connectivity index (χ1v) is 7.30. The summed E-state index contributed by atoms with van der Waals surface area (Å²) in [4.78, 5) is 20.5. The summed E-state index contributed by atoms with van der Waals surface area (Å²) >= 11 is 6.00. The van der Waals surface area contributed by atoms with Crippen LogP contribution in [0.2, 0.25) is 5.02 Å². The van der Waals surface area contributed by atoms with Gasteiger partial charge in [-0.15, -0.1) is 12.4 Å². The van der Waals surface area contributed by atoms with E-state index in [2.05, 4.69) is 15.3 Å². The van der Waals surface area contributed by atoms with Crippen molar-refractivity contribution >= 4 is 29.9 Å². The van der Waals surface area contributed by atoms with E-state index in [1.807, 2.05) is 27.7 Å². The Balaban J connectivity index is 0.00000400. The van der Waals surface area contributed by atoms with Crippen molar-refractivity contribution in [2.24, 2.45) is 5.73 Å². The lowest BCUT2D eigenvalue weighted by Gasteiger charge is -2.26. The third-order valence-electron chi connectivity index (χ3n) is 3.50. The predicted octanol–water partition coefficient (Wildman–Crippen LogP) is 2.92. The van der Waals surface area contributed by atoms with Gasteiger partial charge in [0.1, 0.15) is 11.5 Å². The lowest BCUT2D eigenvalue weighted by Crippen LogP contribution is -2.49. The van der Waals surface area contributed by atoms with Crippen LogP contribution in [0.5, 0.6) is 0 Å². The first-order valence-electron chi connectivity index (χ1n) is 6.92. The summed E-state index contributed by atoms with van der Waals surface area (Å²) in [6.45, 7) is 8.33. The average Bonchev–Trinajstić information content (AvgIpc) is 2.44. The molecule has 1 aromatic heterocycles. The molecule has 0 saturated heterocycles. The number of halogens is 2. The van der Waals surface area contributed by atoms with E-state index in [4.69, 9.17) is 17.3 Å². The van der Waals surface area contributed by atoms with Gasteiger partial charge < -0.3 is 11.1 Å². The number of hydrogen-bond donors (Lipinski definition) is 2. The average molecular weight is 335 g/mol. The van der Waals surface area contributed by atoms with Gasteiger partial charge in [0.2, 0.25) is 0 Å². The van der Waals surface area contributed by atoms with Crippen molar-refractivity contribution in [3.8, 4) is 0 Å². The highest BCUT2D eigenvalue weighted by atomic mass is 35.5. The summed E-state index contributed by atoms with van der Waals surface area (Å²) in [5.74, 6) is 0.430. The van der Waals surface area contributed by atoms with Crippen molar-refractivity contribution in [3.05, 3.63) is 22.7 Å². The van der Waals surface area contributed by atoms with Crippen LogP contribution in [0.15, 0.2) is 6.20 Å². The van der Waals surface area contributed by atoms with Crippen molar-refractivity contribution < 1.29 is 4.79 Å². The molecule has 5 nitrogen and oxygen atoms in total. The molecule has 1 aromatic rings. The molecule has 0 aromatic carbocycles. The largest absolute Gasteiger partial charge is 0.349 e. The van der Waals surface area contributed by atoms with Crippen molar-refractivity contribution in [2.45, 2.75) is 52.0 Å². The number of carbonyl (C=O) groups is 1. The molecular weight excluding hydrogens is 311 g/mol. The summed E-state index contributed by atoms with van der Waals surface area (Å²) in [5, 5.41) is 3.06. The molecule has 21 heavy (non-hydrogen) atoms. The predicted molar refractivity (Wildman–Crippen MR) is 88.2 cm³/mol. The molecule has 0 bridgehead atoms. The van der Waals surface area contributed by atoms with Crippen molar-refractivity contribution in [1.82, 2.24) is 15.3 Å². The smallest absolute Gasteiger partial charge is 0.271 e. The number of nitrogens with two attached hydrogens (primary N) is 1. The second kappa shape index (κ2) is 8.51. The summed E-state index contributed by atoms with van der Waals surface area (Å²) in [6, 6.07) is 0. The van der Waals surface area contributed by atoms with Gasteiger partial charge >= 0.3 is 0 Å². The molecule has 0 aliphatic heterocycles. The Morgan fingerprint density at radius 3 is 2.48 bits per heavy atom. The lowest BCUT2D eigenvalue weighted by molar-refractivity contribution is 0.0937. The molecule has 0 spiro atoms. The van der Waals surface area contributed by atoms with Crippen molar-refractivity contribution in [2.75, 3.05) is 6.54 Å². The van der Waals surface area contributed by atoms with Crippen LogP contribution < -0.4 is 11.1 Å². The van der Waals surface area contributed by atoms with E-state index in [0.717, 1.165) is 12.8 Å². The number of nitrogens with zero attached hydrogens (tertiary/aromatic N) is 2. The number of amides is 1. The Morgan fingerprint density at radius 1 is 1.43 bits per heavy atom. The second-order valence-electron chi connectivity index (χ2n) is 5.33. The third-order valence-corrected chi connectivity index (χ3v) is 3.78. The highest BCUT2D eigenvalue weighted by molar-refractivity contribution is 6.33. The molecule has 0 unspecified atom stereocenters. The van der Waals surface area contributed by atoms with Crippen LogP contribution in [0.3, 0.4) is 0 Å². The Labute approximate surface area is 137 Å². The number of aromatic nitrogens is 2. The normalized spacial score (nSPS) is 11.2. The molecule has 7 heteroatoms. The maximum atomic E-state index is 12.2. The number of rotatable bonds is 6. The molecule has 1 amide bonds. The molecule has 0 aliphatic rings. The van der Waals surface area contributed by atoms with Gasteiger partial charge in [0.05, 0.1) is 11.2 Å². The summed E-state index contributed by atoms with van der Waals surface area (Å²) in [6.07, 6.45) is 3.05. The molecule has 1 heterocycles. The van der Waals surface area contributed by atoms with Crippen LogP contribution in [-0.2, 0) is 0 Å². The molecule has 0 fully saturated rings. The van der Waals surface area contributed by atoms with Gasteiger partial charge in [-0.2, -0.15) is 0 Å². The fourth-order valence-electron chi connectivity index (χ4n) is 1.66. The van der Waals surface area contributed by atoms with Crippen LogP contribution in [0, 0.1) is 0 Å². The highest BCUT2D eigenvalue weighted by Crippen LogP contribution is 2.17. The molecule has 0 atom stereocenters. The van der Waals surface area contributed by atoms with E-state index in [0.29, 0.717) is 12.4 Å². The molecule has 0 radical (unpaired) electrons. The molecule has 0 aliphatic carbocycles. The van der Waals surface area contributed by atoms with Gasteiger partial charge in [0, 0.05) is 18.0 Å². The number of nitrogens with one attached hydrogen (secondary N) is 1. The standard InChI is InChI=1S/C14H23ClN4O.ClH/c1-5-14(16,6-2)8-18-13(20)11-10(15)7-17-12(19-11)9(3)4;/h7,9H,5-6,8,16H2,1-4H3,(H,18,20);1H. The minimum absolute atomic E-state index is 0. The second-order valence-corrected chi connectivity index (χ2v) is 5.74. The summed E-state index contributed by atoms with van der Waals surface area (Å²) in [5.41, 5.74) is 5.97. The van der Waals surface area contributed by atoms with Gasteiger partial charge in [0.25, 0.3) is 5.91 Å². The van der Waals surface area contributed by atoms with Crippen LogP contribution in [0.4, 0.5) is 0 Å². The van der Waals surface area contributed by atoms with Gasteiger partial charge in [-0.25, -0.2) is 9.97 Å². The zero-order chi connectivity index (χ0) is 15.3. The molecular formula is C14H24Cl2N4O. The van der Waals surface area contributed by atoms with E-state index < -0.39 is 5.54 Å². The van der Waals surface area contributed by atoms with Crippen molar-refractivity contribution in [3.63, 3.8) is 0 Å². The Bertz CT molecular complexity index is 476. The fourth-order valence-corrected chi connectivity index (χ4v) is 1.84. The zero-order valence-electron chi connectivity index (χ0n) is 12.9. The zero-order valence-corrected chi connectivity index (χ0v) is 14.5. The van der Waals surface area contributed by atoms with E-state index >= 15 is 0 Å². The van der Waals surface area contributed by atoms with Crippen LogP contribution in [0.1, 0.15) is 62.8 Å². The van der Waals surface area contributed by atoms with Crippen molar-refractivity contribution in [1.29, 1.82) is 0 Å². The molecule has 1 rings (SSSR count). The quantitative estimate of drug-likeness (QED) is 0.837. The first kappa shape index (κ1) is 20.1. The highest BCUT2D eigenvalue weighted by Gasteiger charge is 2.23. The summed E-state index contributed by atoms with van der Waals surface area (Å²) in [7, 11) is 0. The van der Waals surface area contributed by atoms with Gasteiger partial charge in [-0.1, -0.05) is 39.3 Å². The van der Waals surface area contributed by atoms with E-state index in [-0.39, 0.29) is 34.9 Å². The van der Waals surface area contributed by atoms with Crippen LogP contribution >= 0.6 is 24.0 Å². The molecule has 0 saturated carbocycles. The Kier molecular flexibility index (Phi) is 8.14. The van der Waals surface area contributed by atoms with Gasteiger partial charge in [0.15, 0.2) is 0 Å². The van der Waals surface area contributed by atoms with E-state index in [9.17, 15) is 4.79 Å². The number of carbonyl (C=O) groups excluding carboxylic acids is 1. The molecule has 120 valence electrons. The third kappa shape index (κ3) is 5.41. The lowest BCUT2D eigenvalue weighted by atomic mass is 9.94. The maximum absolute atomic E-state index is 12.2. The minimum Gasteiger partial charge on any atom is -0.349 e. The van der Waals surface area contributed by atoms with Crippen LogP contribution in [-0.4, -0.2) is 28.0 Å². The minimum atomic E-state index is -0.393. The maximum Gasteiger partial charge on any atom is 0.271 e. The fraction of sp³-hybridized carbons (Fsp3) is 0.643. The van der Waals surface area contributed by atoms with Gasteiger partial charge in [-0.05, 0) is 12.8 Å². The van der Waals surface area contributed by atoms with Gasteiger partial charge in [-0.3, -0.25) is 4.79 Å². The number of hydrogen-bond acceptors (Lipinski definition) is 4. The Hall–Kier alpha value is -0.910. The monoisotopic (exact) mass is 334 g/mol. The van der Waals surface area contributed by atoms with Crippen LogP contribution in [0.25, 0.3) is 0 Å². The SMILES string of the molecule is CCC(N)(CC)CNC(=O)c1nc(C(C)C)ncc1Cl.Cl. The molecule has 3 N–H and O–H groups in total. The topological polar surface area (TPSA) is 80.9 Å².